The normalized spacial score (nSPS) is 21.4. The molecule has 13 heteroatoms. The van der Waals surface area contributed by atoms with Crippen LogP contribution in [-0.2, 0) is 9.53 Å². The number of halogens is 1. The number of aromatic nitrogens is 3. The number of amides is 1. The topological polar surface area (TPSA) is 140 Å². The molecule has 46 heavy (non-hydrogen) atoms. The second kappa shape index (κ2) is 13.9. The molecular weight excluding hydrogens is 591 g/mol. The van der Waals surface area contributed by atoms with Crippen molar-refractivity contribution in [3.63, 3.8) is 0 Å². The first kappa shape index (κ1) is 31.6. The lowest BCUT2D eigenvalue weighted by molar-refractivity contribution is -0.146. The number of nitrogens with zero attached hydrogens (tertiary/aromatic N) is 7. The summed E-state index contributed by atoms with van der Waals surface area (Å²) in [6.45, 7) is 9.26. The van der Waals surface area contributed by atoms with Gasteiger partial charge in [0.2, 0.25) is 5.95 Å². The number of piperazine rings is 1. The number of carbonyl (C=O) groups excluding carboxylic acids is 1. The second-order valence-corrected chi connectivity index (χ2v) is 12.3. The molecule has 242 valence electrons. The minimum absolute atomic E-state index is 0.176. The summed E-state index contributed by atoms with van der Waals surface area (Å²) in [6.07, 6.45) is -1.82. The van der Waals surface area contributed by atoms with Gasteiger partial charge in [-0.05, 0) is 48.4 Å². The highest BCUT2D eigenvalue weighted by Gasteiger charge is 2.36. The molecule has 2 N–H and O–H groups in total. The van der Waals surface area contributed by atoms with Crippen molar-refractivity contribution < 1.29 is 23.8 Å². The van der Waals surface area contributed by atoms with Crippen molar-refractivity contribution in [1.82, 2.24) is 24.8 Å². The molecule has 0 spiro atoms. The zero-order chi connectivity index (χ0) is 32.2. The molecule has 0 saturated carbocycles. The minimum Gasteiger partial charge on any atom is -0.486 e. The van der Waals surface area contributed by atoms with Crippen LogP contribution in [0.15, 0.2) is 48.8 Å². The molecular formula is C33H39FN8O4. The lowest BCUT2D eigenvalue weighted by atomic mass is 10.0. The Morgan fingerprint density at radius 3 is 2.52 bits per heavy atom. The number of benzene rings is 2. The van der Waals surface area contributed by atoms with Gasteiger partial charge < -0.3 is 29.7 Å². The third-order valence-electron chi connectivity index (χ3n) is 8.83. The molecule has 0 aliphatic carbocycles. The third-order valence-corrected chi connectivity index (χ3v) is 8.83. The Hall–Kier alpha value is -4.38. The standard InChI is InChI=1S/C33H39FN8O4/c1-21(2)30(43)32(44)42-10-9-29(27(34)17-42)46-28-8-3-22(15-23(28)16-35)31-36-20-37-33(39-31)38-24-4-6-25(7-5-24)40-11-13-41(14-12-40)26-18-45-19-26/h3-8,15,20-21,26-27,29-30,43H,9-14,17-19H2,1-2H3,(H,36,37,38,39)/t27-,29-,30-/m0/s1. The summed E-state index contributed by atoms with van der Waals surface area (Å²) in [5, 5.41) is 23.2. The van der Waals surface area contributed by atoms with Crippen molar-refractivity contribution in [2.45, 2.75) is 44.7 Å². The maximum atomic E-state index is 15.1. The molecule has 1 amide bonds. The van der Waals surface area contributed by atoms with E-state index in [1.165, 1.54) is 16.9 Å². The summed E-state index contributed by atoms with van der Waals surface area (Å²) in [4.78, 5) is 31.8. The number of hydrogen-bond donors (Lipinski definition) is 2. The van der Waals surface area contributed by atoms with Gasteiger partial charge in [0.05, 0.1) is 31.4 Å². The van der Waals surface area contributed by atoms with Gasteiger partial charge in [-0.3, -0.25) is 9.69 Å². The number of nitrogens with one attached hydrogen (secondary N) is 1. The number of aliphatic hydroxyl groups excluding tert-OH is 1. The molecule has 0 radical (unpaired) electrons. The quantitative estimate of drug-likeness (QED) is 0.361. The van der Waals surface area contributed by atoms with Crippen LogP contribution in [0, 0.1) is 17.2 Å². The predicted octanol–water partition coefficient (Wildman–Crippen LogP) is 3.01. The van der Waals surface area contributed by atoms with Crippen molar-refractivity contribution in [3.8, 4) is 23.2 Å². The highest BCUT2D eigenvalue weighted by Crippen LogP contribution is 2.29. The molecule has 4 heterocycles. The first-order valence-electron chi connectivity index (χ1n) is 15.7. The van der Waals surface area contributed by atoms with Gasteiger partial charge >= 0.3 is 0 Å². The van der Waals surface area contributed by atoms with E-state index < -0.39 is 24.3 Å². The molecule has 3 aromatic rings. The SMILES string of the molecule is CC(C)[C@H](O)C(=O)N1CC[C@H](Oc2ccc(-c3ncnc(Nc4ccc(N5CCN(C6COC6)CC5)cc4)n3)cc2C#N)[C@@H](F)C1. The van der Waals surface area contributed by atoms with E-state index in [0.717, 1.165) is 45.1 Å². The Morgan fingerprint density at radius 1 is 1.11 bits per heavy atom. The maximum absolute atomic E-state index is 15.1. The first-order valence-corrected chi connectivity index (χ1v) is 15.7. The van der Waals surface area contributed by atoms with Crippen LogP contribution in [0.5, 0.6) is 5.75 Å². The van der Waals surface area contributed by atoms with Crippen LogP contribution in [0.4, 0.5) is 21.7 Å². The number of piperidine rings is 1. The zero-order valence-corrected chi connectivity index (χ0v) is 26.0. The number of alkyl halides is 1. The molecule has 3 aliphatic rings. The van der Waals surface area contributed by atoms with Crippen LogP contribution in [0.1, 0.15) is 25.8 Å². The Morgan fingerprint density at radius 2 is 1.87 bits per heavy atom. The second-order valence-electron chi connectivity index (χ2n) is 12.3. The summed E-state index contributed by atoms with van der Waals surface area (Å²) < 4.78 is 26.3. The molecule has 2 aromatic carbocycles. The van der Waals surface area contributed by atoms with Crippen LogP contribution >= 0.6 is 0 Å². The molecule has 3 atom stereocenters. The van der Waals surface area contributed by atoms with E-state index in [0.29, 0.717) is 23.4 Å². The monoisotopic (exact) mass is 630 g/mol. The van der Waals surface area contributed by atoms with Crippen molar-refractivity contribution in [3.05, 3.63) is 54.4 Å². The average molecular weight is 631 g/mol. The lowest BCUT2D eigenvalue weighted by Crippen LogP contribution is -2.56. The average Bonchev–Trinajstić information content (AvgIpc) is 3.05. The molecule has 12 nitrogen and oxygen atoms in total. The van der Waals surface area contributed by atoms with Crippen LogP contribution in [0.25, 0.3) is 11.4 Å². The molecule has 3 saturated heterocycles. The van der Waals surface area contributed by atoms with Crippen molar-refractivity contribution in [2.75, 3.05) is 62.7 Å². The number of nitriles is 1. The molecule has 0 unspecified atom stereocenters. The summed E-state index contributed by atoms with van der Waals surface area (Å²) >= 11 is 0. The molecule has 6 rings (SSSR count). The fourth-order valence-electron chi connectivity index (χ4n) is 5.87. The maximum Gasteiger partial charge on any atom is 0.251 e. The lowest BCUT2D eigenvalue weighted by Gasteiger charge is -2.43. The number of rotatable bonds is 9. The van der Waals surface area contributed by atoms with Gasteiger partial charge in [-0.15, -0.1) is 0 Å². The summed E-state index contributed by atoms with van der Waals surface area (Å²) in [5.41, 5.74) is 2.80. The van der Waals surface area contributed by atoms with Crippen LogP contribution < -0.4 is 15.0 Å². The van der Waals surface area contributed by atoms with Crippen LogP contribution in [0.2, 0.25) is 0 Å². The largest absolute Gasteiger partial charge is 0.486 e. The Labute approximate surface area is 267 Å². The smallest absolute Gasteiger partial charge is 0.251 e. The molecule has 3 aliphatic heterocycles. The van der Waals surface area contributed by atoms with E-state index in [2.05, 4.69) is 48.3 Å². The fraction of sp³-hybridized carbons (Fsp3) is 0.485. The van der Waals surface area contributed by atoms with Gasteiger partial charge in [0.25, 0.3) is 5.91 Å². The van der Waals surface area contributed by atoms with Gasteiger partial charge in [0.15, 0.2) is 12.0 Å². The van der Waals surface area contributed by atoms with Gasteiger partial charge in [0.1, 0.15) is 30.4 Å². The Balaban J connectivity index is 1.06. The number of likely N-dealkylation sites (tertiary alicyclic amines) is 1. The highest BCUT2D eigenvalue weighted by atomic mass is 19.1. The number of hydrogen-bond acceptors (Lipinski definition) is 11. The summed E-state index contributed by atoms with van der Waals surface area (Å²) in [7, 11) is 0. The van der Waals surface area contributed by atoms with Gasteiger partial charge in [-0.2, -0.15) is 10.2 Å². The van der Waals surface area contributed by atoms with Crippen LogP contribution in [0.3, 0.4) is 0 Å². The summed E-state index contributed by atoms with van der Waals surface area (Å²) in [6, 6.07) is 15.8. The van der Waals surface area contributed by atoms with E-state index in [1.807, 2.05) is 12.1 Å². The molecule has 3 fully saturated rings. The van der Waals surface area contributed by atoms with E-state index >= 15 is 4.39 Å². The third kappa shape index (κ3) is 7.04. The number of carbonyl (C=O) groups is 1. The molecule has 1 aromatic heterocycles. The van der Waals surface area contributed by atoms with E-state index in [-0.39, 0.29) is 36.7 Å². The Kier molecular flexibility index (Phi) is 9.58. The van der Waals surface area contributed by atoms with Crippen molar-refractivity contribution in [2.24, 2.45) is 5.92 Å². The first-order chi connectivity index (χ1) is 22.3. The molecule has 0 bridgehead atoms. The number of anilines is 3. The number of ether oxygens (including phenoxy) is 2. The highest BCUT2D eigenvalue weighted by molar-refractivity contribution is 5.81. The predicted molar refractivity (Wildman–Crippen MR) is 169 cm³/mol. The number of aliphatic hydroxyl groups is 1. The van der Waals surface area contributed by atoms with Gasteiger partial charge in [-0.1, -0.05) is 13.8 Å². The van der Waals surface area contributed by atoms with E-state index in [1.54, 1.807) is 32.0 Å². The summed E-state index contributed by atoms with van der Waals surface area (Å²) in [5.74, 6) is 0.226. The van der Waals surface area contributed by atoms with Crippen LogP contribution in [-0.4, -0.2) is 113 Å². The van der Waals surface area contributed by atoms with Gasteiger partial charge in [-0.25, -0.2) is 14.4 Å². The Bertz CT molecular complexity index is 1560. The zero-order valence-electron chi connectivity index (χ0n) is 26.0. The van der Waals surface area contributed by atoms with Gasteiger partial charge in [0, 0.05) is 56.1 Å². The van der Waals surface area contributed by atoms with Crippen molar-refractivity contribution in [1.29, 1.82) is 5.26 Å². The van der Waals surface area contributed by atoms with E-state index in [9.17, 15) is 15.2 Å². The minimum atomic E-state index is -1.47. The van der Waals surface area contributed by atoms with E-state index in [4.69, 9.17) is 9.47 Å². The fourth-order valence-corrected chi connectivity index (χ4v) is 5.87. The van der Waals surface area contributed by atoms with Crippen molar-refractivity contribution >= 4 is 23.2 Å².